The minimum atomic E-state index is -0.111. The van der Waals surface area contributed by atoms with Gasteiger partial charge in [0.15, 0.2) is 0 Å². The number of carbonyl (C=O) groups excluding carboxylic acids is 1. The molecule has 0 spiro atoms. The summed E-state index contributed by atoms with van der Waals surface area (Å²) in [7, 11) is 0. The molecule has 3 saturated heterocycles. The van der Waals surface area contributed by atoms with Gasteiger partial charge in [-0.1, -0.05) is 12.8 Å². The van der Waals surface area contributed by atoms with E-state index in [1.54, 1.807) is 0 Å². The molecule has 19 heavy (non-hydrogen) atoms. The molecule has 0 aromatic rings. The Morgan fingerprint density at radius 1 is 1.26 bits per heavy atom. The highest BCUT2D eigenvalue weighted by molar-refractivity contribution is 5.84. The van der Waals surface area contributed by atoms with Crippen molar-refractivity contribution in [1.82, 2.24) is 10.6 Å². The Morgan fingerprint density at radius 2 is 2.21 bits per heavy atom. The van der Waals surface area contributed by atoms with E-state index in [0.717, 1.165) is 32.4 Å². The van der Waals surface area contributed by atoms with E-state index >= 15 is 0 Å². The van der Waals surface area contributed by atoms with Gasteiger partial charge in [-0.25, -0.2) is 0 Å². The van der Waals surface area contributed by atoms with Crippen LogP contribution in [0.3, 0.4) is 0 Å². The lowest BCUT2D eigenvalue weighted by atomic mass is 9.67. The first-order chi connectivity index (χ1) is 9.28. The second-order valence-electron chi connectivity index (χ2n) is 6.92. The van der Waals surface area contributed by atoms with E-state index in [4.69, 9.17) is 4.74 Å². The van der Waals surface area contributed by atoms with Gasteiger partial charge >= 0.3 is 0 Å². The van der Waals surface area contributed by atoms with Crippen molar-refractivity contribution in [3.8, 4) is 0 Å². The number of hydrogen-bond donors (Lipinski definition) is 2. The summed E-state index contributed by atoms with van der Waals surface area (Å²) in [6.07, 6.45) is 8.84. The van der Waals surface area contributed by atoms with Crippen LogP contribution in [0.5, 0.6) is 0 Å². The Balaban J connectivity index is 1.47. The number of amides is 1. The fourth-order valence-corrected chi connectivity index (χ4v) is 4.79. The number of hydrogen-bond acceptors (Lipinski definition) is 3. The zero-order chi connectivity index (χ0) is 12.9. The van der Waals surface area contributed by atoms with Crippen LogP contribution in [0.15, 0.2) is 0 Å². The quantitative estimate of drug-likeness (QED) is 0.788. The lowest BCUT2D eigenvalue weighted by Crippen LogP contribution is -2.52. The standard InChI is InChI=1S/C15H24N2O2/c18-14(17-12-7-11-4-5-13(12)19-11)15-6-2-1-3-10(15)8-16-9-15/h10-13,16H,1-9H2,(H,17,18)/t10-,11?,12?,13?,15+/m0/s1. The fraction of sp³-hybridized carbons (Fsp3) is 0.933. The number of carbonyl (C=O) groups is 1. The molecule has 2 bridgehead atoms. The van der Waals surface area contributed by atoms with Gasteiger partial charge in [-0.2, -0.15) is 0 Å². The SMILES string of the molecule is O=C(NC1CC2CCC1O2)[C@@]12CCCC[C@H]1CNC2. The third-order valence-corrected chi connectivity index (χ3v) is 5.91. The number of rotatable bonds is 2. The summed E-state index contributed by atoms with van der Waals surface area (Å²) in [6.45, 7) is 1.91. The molecule has 0 radical (unpaired) electrons. The molecule has 5 atom stereocenters. The first-order valence-electron chi connectivity index (χ1n) is 7.95. The van der Waals surface area contributed by atoms with Crippen LogP contribution in [0, 0.1) is 11.3 Å². The van der Waals surface area contributed by atoms with Crippen molar-refractivity contribution < 1.29 is 9.53 Å². The van der Waals surface area contributed by atoms with Crippen LogP contribution in [0.1, 0.15) is 44.9 Å². The zero-order valence-corrected chi connectivity index (χ0v) is 11.5. The molecule has 1 saturated carbocycles. The fourth-order valence-electron chi connectivity index (χ4n) is 4.79. The lowest BCUT2D eigenvalue weighted by Gasteiger charge is -2.38. The molecule has 0 aromatic heterocycles. The highest BCUT2D eigenvalue weighted by Gasteiger charge is 2.51. The molecule has 0 aromatic carbocycles. The van der Waals surface area contributed by atoms with E-state index < -0.39 is 0 Å². The Morgan fingerprint density at radius 3 is 3.00 bits per heavy atom. The molecule has 3 unspecified atom stereocenters. The molecule has 3 heterocycles. The molecule has 3 aliphatic heterocycles. The number of nitrogens with one attached hydrogen (secondary N) is 2. The monoisotopic (exact) mass is 264 g/mol. The van der Waals surface area contributed by atoms with Crippen LogP contribution in [-0.4, -0.2) is 37.2 Å². The van der Waals surface area contributed by atoms with Gasteiger partial charge in [0.2, 0.25) is 5.91 Å². The molecule has 2 N–H and O–H groups in total. The summed E-state index contributed by atoms with van der Waals surface area (Å²) in [6, 6.07) is 0.281. The normalized spacial score (nSPS) is 48.2. The topological polar surface area (TPSA) is 50.4 Å². The molecule has 1 aliphatic carbocycles. The van der Waals surface area contributed by atoms with Crippen LogP contribution in [-0.2, 0) is 9.53 Å². The molecule has 4 fully saturated rings. The largest absolute Gasteiger partial charge is 0.373 e. The van der Waals surface area contributed by atoms with Crippen LogP contribution in [0.25, 0.3) is 0 Å². The predicted octanol–water partition coefficient (Wildman–Crippen LogP) is 1.20. The summed E-state index contributed by atoms with van der Waals surface area (Å²) in [4.78, 5) is 12.8. The van der Waals surface area contributed by atoms with Crippen molar-refractivity contribution in [2.75, 3.05) is 13.1 Å². The minimum Gasteiger partial charge on any atom is -0.373 e. The minimum absolute atomic E-state index is 0.111. The van der Waals surface area contributed by atoms with Crippen molar-refractivity contribution in [3.63, 3.8) is 0 Å². The second-order valence-corrected chi connectivity index (χ2v) is 6.92. The van der Waals surface area contributed by atoms with E-state index in [1.165, 1.54) is 25.7 Å². The van der Waals surface area contributed by atoms with Crippen molar-refractivity contribution in [1.29, 1.82) is 0 Å². The Bertz CT molecular complexity index is 386. The van der Waals surface area contributed by atoms with Gasteiger partial charge in [0, 0.05) is 6.54 Å². The zero-order valence-electron chi connectivity index (χ0n) is 11.5. The van der Waals surface area contributed by atoms with Crippen molar-refractivity contribution in [2.24, 2.45) is 11.3 Å². The highest BCUT2D eigenvalue weighted by Crippen LogP contribution is 2.44. The Hall–Kier alpha value is -0.610. The van der Waals surface area contributed by atoms with Crippen molar-refractivity contribution >= 4 is 5.91 Å². The van der Waals surface area contributed by atoms with Crippen LogP contribution < -0.4 is 10.6 Å². The lowest BCUT2D eigenvalue weighted by molar-refractivity contribution is -0.135. The van der Waals surface area contributed by atoms with E-state index in [-0.39, 0.29) is 11.5 Å². The van der Waals surface area contributed by atoms with Gasteiger partial charge in [0.1, 0.15) is 0 Å². The maximum Gasteiger partial charge on any atom is 0.228 e. The van der Waals surface area contributed by atoms with E-state index in [0.29, 0.717) is 24.0 Å². The van der Waals surface area contributed by atoms with Gasteiger partial charge in [-0.15, -0.1) is 0 Å². The molecule has 4 nitrogen and oxygen atoms in total. The van der Waals surface area contributed by atoms with Gasteiger partial charge in [-0.3, -0.25) is 4.79 Å². The molecule has 4 rings (SSSR count). The average molecular weight is 264 g/mol. The first kappa shape index (κ1) is 12.2. The third-order valence-electron chi connectivity index (χ3n) is 5.91. The van der Waals surface area contributed by atoms with Gasteiger partial charge in [0.25, 0.3) is 0 Å². The van der Waals surface area contributed by atoms with Crippen molar-refractivity contribution in [3.05, 3.63) is 0 Å². The van der Waals surface area contributed by atoms with Crippen molar-refractivity contribution in [2.45, 2.75) is 63.2 Å². The van der Waals surface area contributed by atoms with E-state index in [1.807, 2.05) is 0 Å². The van der Waals surface area contributed by atoms with Gasteiger partial charge < -0.3 is 15.4 Å². The summed E-state index contributed by atoms with van der Waals surface area (Å²) in [5.41, 5.74) is -0.111. The summed E-state index contributed by atoms with van der Waals surface area (Å²) in [5.74, 6) is 0.865. The van der Waals surface area contributed by atoms with Crippen LogP contribution in [0.2, 0.25) is 0 Å². The second kappa shape index (κ2) is 4.45. The molecule has 4 heteroatoms. The first-order valence-corrected chi connectivity index (χ1v) is 7.95. The van der Waals surface area contributed by atoms with Crippen LogP contribution >= 0.6 is 0 Å². The molecular weight excluding hydrogens is 240 g/mol. The average Bonchev–Trinajstić information content (AvgIpc) is 3.13. The summed E-state index contributed by atoms with van der Waals surface area (Å²) >= 11 is 0. The third kappa shape index (κ3) is 1.83. The maximum absolute atomic E-state index is 12.8. The number of fused-ring (bicyclic) bond motifs is 3. The highest BCUT2D eigenvalue weighted by atomic mass is 16.5. The van der Waals surface area contributed by atoms with Gasteiger partial charge in [-0.05, 0) is 44.6 Å². The smallest absolute Gasteiger partial charge is 0.228 e. The predicted molar refractivity (Wildman–Crippen MR) is 71.7 cm³/mol. The molecule has 1 amide bonds. The number of ether oxygens (including phenoxy) is 1. The van der Waals surface area contributed by atoms with E-state index in [9.17, 15) is 4.79 Å². The maximum atomic E-state index is 12.8. The van der Waals surface area contributed by atoms with E-state index in [2.05, 4.69) is 10.6 Å². The van der Waals surface area contributed by atoms with Gasteiger partial charge in [0.05, 0.1) is 23.7 Å². The Kier molecular flexibility index (Phi) is 2.85. The molecular formula is C15H24N2O2. The summed E-state index contributed by atoms with van der Waals surface area (Å²) < 4.78 is 5.85. The molecule has 4 aliphatic rings. The summed E-state index contributed by atoms with van der Waals surface area (Å²) in [5, 5.41) is 6.79. The molecule has 106 valence electrons. The Labute approximate surface area is 114 Å². The van der Waals surface area contributed by atoms with Crippen LogP contribution in [0.4, 0.5) is 0 Å².